The van der Waals surface area contributed by atoms with Crippen LogP contribution in [-0.2, 0) is 19.2 Å². The minimum atomic E-state index is -0.0805. The number of nitrogens with zero attached hydrogens (tertiary/aromatic N) is 1. The van der Waals surface area contributed by atoms with Crippen molar-refractivity contribution in [2.24, 2.45) is 39.7 Å². The molecular formula is C24H35NO4. The number of carbonyl (C=O) groups excluding carboxylic acids is 2. The Labute approximate surface area is 174 Å². The summed E-state index contributed by atoms with van der Waals surface area (Å²) in [5.74, 6) is 2.01. The highest BCUT2D eigenvalue weighted by Gasteiger charge is 2.62. The zero-order valence-corrected chi connectivity index (χ0v) is 18.3. The predicted molar refractivity (Wildman–Crippen MR) is 111 cm³/mol. The van der Waals surface area contributed by atoms with Crippen LogP contribution in [-0.4, -0.2) is 31.2 Å². The Morgan fingerprint density at radius 3 is 2.76 bits per heavy atom. The maximum atomic E-state index is 12.2. The molecular weight excluding hydrogens is 366 g/mol. The quantitative estimate of drug-likeness (QED) is 0.389. The molecule has 29 heavy (non-hydrogen) atoms. The Balaban J connectivity index is 1.69. The second-order valence-electron chi connectivity index (χ2n) is 10.1. The van der Waals surface area contributed by atoms with Crippen LogP contribution >= 0.6 is 0 Å². The molecule has 6 unspecified atom stereocenters. The van der Waals surface area contributed by atoms with Crippen LogP contribution in [0.5, 0.6) is 0 Å². The summed E-state index contributed by atoms with van der Waals surface area (Å²) in [6.45, 7) is 6.60. The van der Waals surface area contributed by atoms with Crippen molar-refractivity contribution in [1.29, 1.82) is 0 Å². The first-order valence-corrected chi connectivity index (χ1v) is 11.3. The molecule has 0 saturated heterocycles. The minimum Gasteiger partial charge on any atom is -0.462 e. The second-order valence-corrected chi connectivity index (χ2v) is 10.1. The van der Waals surface area contributed by atoms with Crippen molar-refractivity contribution in [2.75, 3.05) is 7.11 Å². The van der Waals surface area contributed by atoms with Gasteiger partial charge < -0.3 is 9.57 Å². The summed E-state index contributed by atoms with van der Waals surface area (Å²) < 4.78 is 5.92. The third-order valence-corrected chi connectivity index (χ3v) is 8.89. The molecule has 0 amide bonds. The molecule has 5 nitrogen and oxygen atoms in total. The van der Waals surface area contributed by atoms with Gasteiger partial charge in [0, 0.05) is 30.4 Å². The van der Waals surface area contributed by atoms with Crippen molar-refractivity contribution >= 4 is 18.0 Å². The zero-order valence-electron chi connectivity index (χ0n) is 18.3. The summed E-state index contributed by atoms with van der Waals surface area (Å²) in [6, 6.07) is 0. The van der Waals surface area contributed by atoms with E-state index in [1.165, 1.54) is 5.57 Å². The number of oxime groups is 1. The summed E-state index contributed by atoms with van der Waals surface area (Å²) in [5.41, 5.74) is 1.46. The number of hydrogen-bond donors (Lipinski definition) is 0. The predicted octanol–water partition coefficient (Wildman–Crippen LogP) is 4.70. The zero-order chi connectivity index (χ0) is 20.8. The first-order chi connectivity index (χ1) is 13.8. The second kappa shape index (κ2) is 7.55. The van der Waals surface area contributed by atoms with E-state index < -0.39 is 0 Å². The van der Waals surface area contributed by atoms with Crippen molar-refractivity contribution in [3.8, 4) is 0 Å². The molecule has 4 aliphatic carbocycles. The summed E-state index contributed by atoms with van der Waals surface area (Å²) in [7, 11) is 1.59. The van der Waals surface area contributed by atoms with Crippen LogP contribution in [0.1, 0.15) is 72.1 Å². The Bertz CT molecular complexity index is 743. The lowest BCUT2D eigenvalue weighted by atomic mass is 9.45. The first-order valence-electron chi connectivity index (χ1n) is 11.3. The van der Waals surface area contributed by atoms with Gasteiger partial charge in [-0.25, -0.2) is 0 Å². The molecule has 160 valence electrons. The van der Waals surface area contributed by atoms with Crippen LogP contribution in [0.4, 0.5) is 0 Å². The number of ketones is 1. The molecule has 0 aromatic heterocycles. The van der Waals surface area contributed by atoms with E-state index in [-0.39, 0.29) is 34.6 Å². The van der Waals surface area contributed by atoms with E-state index >= 15 is 0 Å². The highest BCUT2D eigenvalue weighted by Crippen LogP contribution is 2.66. The van der Waals surface area contributed by atoms with Crippen LogP contribution in [0.2, 0.25) is 0 Å². The van der Waals surface area contributed by atoms with Crippen LogP contribution in [0.25, 0.3) is 0 Å². The number of allylic oxidation sites excluding steroid dienone is 1. The number of carbonyl (C=O) groups is 2. The molecule has 4 rings (SSSR count). The third-order valence-electron chi connectivity index (χ3n) is 8.89. The Kier molecular flexibility index (Phi) is 5.37. The number of esters is 1. The van der Waals surface area contributed by atoms with E-state index in [1.54, 1.807) is 7.11 Å². The number of rotatable bonds is 4. The molecule has 0 spiro atoms. The van der Waals surface area contributed by atoms with Gasteiger partial charge in [-0.15, -0.1) is 0 Å². The third kappa shape index (κ3) is 3.25. The lowest BCUT2D eigenvalue weighted by Gasteiger charge is -2.59. The van der Waals surface area contributed by atoms with Gasteiger partial charge in [0.2, 0.25) is 0 Å². The monoisotopic (exact) mass is 401 g/mol. The van der Waals surface area contributed by atoms with Gasteiger partial charge in [-0.05, 0) is 67.8 Å². The normalized spacial score (nSPS) is 43.9. The topological polar surface area (TPSA) is 65.0 Å². The molecule has 0 radical (unpaired) electrons. The summed E-state index contributed by atoms with van der Waals surface area (Å²) in [4.78, 5) is 29.3. The van der Waals surface area contributed by atoms with Gasteiger partial charge in [-0.1, -0.05) is 31.5 Å². The Morgan fingerprint density at radius 1 is 1.24 bits per heavy atom. The van der Waals surface area contributed by atoms with Crippen LogP contribution in [0.3, 0.4) is 0 Å². The molecule has 0 N–H and O–H groups in total. The average molecular weight is 402 g/mol. The van der Waals surface area contributed by atoms with E-state index in [2.05, 4.69) is 19.0 Å². The SMILES string of the molecule is CCC(=O)OC1CCC2C3C(CCC12C)C1(C)CCC(=O)C=C1C[C@H]3/C=N/OC. The van der Waals surface area contributed by atoms with Crippen molar-refractivity contribution in [3.05, 3.63) is 11.6 Å². The lowest BCUT2D eigenvalue weighted by molar-refractivity contribution is -0.160. The van der Waals surface area contributed by atoms with Gasteiger partial charge in [0.1, 0.15) is 13.2 Å². The Morgan fingerprint density at radius 2 is 2.03 bits per heavy atom. The lowest BCUT2D eigenvalue weighted by Crippen LogP contribution is -2.54. The van der Waals surface area contributed by atoms with Crippen LogP contribution in [0.15, 0.2) is 16.8 Å². The fourth-order valence-corrected chi connectivity index (χ4v) is 7.29. The van der Waals surface area contributed by atoms with Gasteiger partial charge in [-0.2, -0.15) is 0 Å². The largest absolute Gasteiger partial charge is 0.462 e. The van der Waals surface area contributed by atoms with Crippen molar-refractivity contribution < 1.29 is 19.2 Å². The highest BCUT2D eigenvalue weighted by molar-refractivity contribution is 5.91. The summed E-state index contributed by atoms with van der Waals surface area (Å²) >= 11 is 0. The van der Waals surface area contributed by atoms with Gasteiger partial charge in [-0.3, -0.25) is 9.59 Å². The molecule has 0 bridgehead atoms. The van der Waals surface area contributed by atoms with Crippen molar-refractivity contribution in [1.82, 2.24) is 0 Å². The highest BCUT2D eigenvalue weighted by atomic mass is 16.6. The molecule has 3 fully saturated rings. The molecule has 5 heteroatoms. The van der Waals surface area contributed by atoms with E-state index in [4.69, 9.17) is 9.57 Å². The number of fused-ring (bicyclic) bond motifs is 5. The van der Waals surface area contributed by atoms with Gasteiger partial charge in [0.15, 0.2) is 5.78 Å². The average Bonchev–Trinajstić information content (AvgIpc) is 3.03. The van der Waals surface area contributed by atoms with Crippen LogP contribution < -0.4 is 0 Å². The van der Waals surface area contributed by atoms with Gasteiger partial charge in [0.25, 0.3) is 0 Å². The fraction of sp³-hybridized carbons (Fsp3) is 0.792. The molecule has 0 heterocycles. The minimum absolute atomic E-state index is 0.0265. The van der Waals surface area contributed by atoms with Crippen LogP contribution in [0, 0.1) is 34.5 Å². The molecule has 0 aromatic carbocycles. The van der Waals surface area contributed by atoms with Crippen molar-refractivity contribution in [3.63, 3.8) is 0 Å². The van der Waals surface area contributed by atoms with E-state index in [0.29, 0.717) is 30.6 Å². The Hall–Kier alpha value is -1.65. The standard InChI is InChI=1S/C24H35NO4/c1-5-21(27)29-20-7-6-18-22-15(14-25-28-4)12-16-13-17(26)8-10-23(16,2)19(22)9-11-24(18,20)3/h13-15,18-20,22H,5-12H2,1-4H3/b25-14+/t15-,18?,19?,20?,22?,23?,24?/m0/s1. The number of hydrogen-bond acceptors (Lipinski definition) is 5. The van der Waals surface area contributed by atoms with E-state index in [9.17, 15) is 9.59 Å². The molecule has 4 aliphatic rings. The van der Waals surface area contributed by atoms with Gasteiger partial charge >= 0.3 is 5.97 Å². The van der Waals surface area contributed by atoms with Crippen molar-refractivity contribution in [2.45, 2.75) is 78.2 Å². The summed E-state index contributed by atoms with van der Waals surface area (Å²) in [5, 5.41) is 4.16. The van der Waals surface area contributed by atoms with E-state index in [0.717, 1.165) is 38.5 Å². The fourth-order valence-electron chi connectivity index (χ4n) is 7.29. The first kappa shape index (κ1) is 20.6. The smallest absolute Gasteiger partial charge is 0.305 e. The van der Waals surface area contributed by atoms with Gasteiger partial charge in [0.05, 0.1) is 0 Å². The van der Waals surface area contributed by atoms with E-state index in [1.807, 2.05) is 19.2 Å². The molecule has 7 atom stereocenters. The maximum absolute atomic E-state index is 12.2. The number of ether oxygens (including phenoxy) is 1. The molecule has 0 aromatic rings. The summed E-state index contributed by atoms with van der Waals surface area (Å²) in [6.07, 6.45) is 11.2. The molecule has 3 saturated carbocycles. The maximum Gasteiger partial charge on any atom is 0.305 e. The molecule has 0 aliphatic heterocycles.